The predicted molar refractivity (Wildman–Crippen MR) is 87.2 cm³/mol. The molecule has 1 atom stereocenters. The van der Waals surface area contributed by atoms with E-state index in [9.17, 15) is 21.6 Å². The van der Waals surface area contributed by atoms with Crippen molar-refractivity contribution in [3.63, 3.8) is 0 Å². The van der Waals surface area contributed by atoms with Gasteiger partial charge in [-0.15, -0.1) is 0 Å². The zero-order chi connectivity index (χ0) is 19.8. The Morgan fingerprint density at radius 1 is 1.33 bits per heavy atom. The lowest BCUT2D eigenvalue weighted by Crippen LogP contribution is -2.35. The number of ether oxygens (including phenoxy) is 1. The molecule has 1 aliphatic heterocycles. The van der Waals surface area contributed by atoms with Crippen LogP contribution in [0, 0.1) is 0 Å². The molecule has 2 aromatic rings. The van der Waals surface area contributed by atoms with Crippen LogP contribution >= 0.6 is 0 Å². The van der Waals surface area contributed by atoms with Gasteiger partial charge in [0.15, 0.2) is 0 Å². The van der Waals surface area contributed by atoms with Crippen molar-refractivity contribution in [2.45, 2.75) is 37.8 Å². The molecule has 12 heteroatoms. The van der Waals surface area contributed by atoms with Crippen molar-refractivity contribution in [3.05, 3.63) is 24.2 Å². The van der Waals surface area contributed by atoms with Gasteiger partial charge in [0.05, 0.1) is 11.8 Å². The highest BCUT2D eigenvalue weighted by Gasteiger charge is 2.38. The Balaban J connectivity index is 1.64. The molecule has 3 rings (SSSR count). The maximum Gasteiger partial charge on any atom is 0.471 e. The fraction of sp³-hybridized carbons (Fsp3) is 0.533. The smallest absolute Gasteiger partial charge is 0.471 e. The number of aromatic nitrogens is 3. The van der Waals surface area contributed by atoms with Crippen molar-refractivity contribution in [2.24, 2.45) is 0 Å². The van der Waals surface area contributed by atoms with Crippen LogP contribution in [-0.2, 0) is 16.2 Å². The fourth-order valence-corrected chi connectivity index (χ4v) is 3.86. The Kier molecular flexibility index (Phi) is 5.12. The number of halogens is 3. The van der Waals surface area contributed by atoms with E-state index >= 15 is 0 Å². The average molecular weight is 406 g/mol. The van der Waals surface area contributed by atoms with Gasteiger partial charge in [-0.25, -0.2) is 13.4 Å². The number of sulfonamides is 1. The maximum absolute atomic E-state index is 12.5. The third-order valence-corrected chi connectivity index (χ3v) is 6.26. The van der Waals surface area contributed by atoms with E-state index in [1.54, 1.807) is 13.8 Å². The summed E-state index contributed by atoms with van der Waals surface area (Å²) in [7, 11) is -3.34. The lowest BCUT2D eigenvalue weighted by Gasteiger charge is -2.19. The minimum absolute atomic E-state index is 0.226. The van der Waals surface area contributed by atoms with E-state index in [1.165, 1.54) is 22.6 Å². The van der Waals surface area contributed by atoms with Gasteiger partial charge in [-0.1, -0.05) is 5.16 Å². The van der Waals surface area contributed by atoms with Gasteiger partial charge in [-0.05, 0) is 26.3 Å². The molecule has 0 amide bonds. The quantitative estimate of drug-likeness (QED) is 0.752. The van der Waals surface area contributed by atoms with E-state index in [0.29, 0.717) is 13.0 Å². The van der Waals surface area contributed by atoms with Crippen molar-refractivity contribution in [1.82, 2.24) is 19.4 Å². The Morgan fingerprint density at radius 3 is 2.63 bits per heavy atom. The largest absolute Gasteiger partial charge is 0.473 e. The maximum atomic E-state index is 12.5. The van der Waals surface area contributed by atoms with E-state index in [0.717, 1.165) is 0 Å². The van der Waals surface area contributed by atoms with Gasteiger partial charge in [-0.2, -0.15) is 22.5 Å². The van der Waals surface area contributed by atoms with Crippen LogP contribution in [0.15, 0.2) is 22.9 Å². The van der Waals surface area contributed by atoms with Gasteiger partial charge in [-0.3, -0.25) is 0 Å². The molecule has 8 nitrogen and oxygen atoms in total. The second-order valence-electron chi connectivity index (χ2n) is 6.29. The Bertz CT molecular complexity index is 897. The molecule has 3 heterocycles. The highest BCUT2D eigenvalue weighted by molar-refractivity contribution is 7.89. The minimum atomic E-state index is -4.72. The molecule has 1 aliphatic rings. The molecule has 0 bridgehead atoms. The first-order chi connectivity index (χ1) is 12.6. The topological polar surface area (TPSA) is 98.4 Å². The van der Waals surface area contributed by atoms with Crippen molar-refractivity contribution >= 4 is 10.0 Å². The van der Waals surface area contributed by atoms with Gasteiger partial charge in [0, 0.05) is 24.4 Å². The summed E-state index contributed by atoms with van der Waals surface area (Å²) in [6.07, 6.45) is -3.28. The molecule has 0 radical (unpaired) electrons. The lowest BCUT2D eigenvalue weighted by atomic mass is 10.2. The van der Waals surface area contributed by atoms with E-state index in [4.69, 9.17) is 4.74 Å². The number of pyridine rings is 1. The molecular weight excluding hydrogens is 389 g/mol. The Hall–Kier alpha value is -2.21. The van der Waals surface area contributed by atoms with Gasteiger partial charge >= 0.3 is 12.1 Å². The molecule has 0 spiro atoms. The summed E-state index contributed by atoms with van der Waals surface area (Å²) >= 11 is 0. The summed E-state index contributed by atoms with van der Waals surface area (Å²) in [4.78, 5) is 7.30. The van der Waals surface area contributed by atoms with Crippen LogP contribution in [0.4, 0.5) is 13.2 Å². The summed E-state index contributed by atoms with van der Waals surface area (Å²) in [5.41, 5.74) is 0.233. The van der Waals surface area contributed by atoms with E-state index < -0.39 is 27.3 Å². The van der Waals surface area contributed by atoms with Crippen LogP contribution in [-0.4, -0.2) is 52.3 Å². The molecule has 27 heavy (non-hydrogen) atoms. The van der Waals surface area contributed by atoms with Crippen LogP contribution in [0.1, 0.15) is 26.2 Å². The monoisotopic (exact) mass is 406 g/mol. The van der Waals surface area contributed by atoms with E-state index in [1.807, 2.05) is 0 Å². The summed E-state index contributed by atoms with van der Waals surface area (Å²) in [6, 6.07) is 2.91. The summed E-state index contributed by atoms with van der Waals surface area (Å²) in [6.45, 7) is 3.83. The molecule has 0 aromatic carbocycles. The minimum Gasteiger partial charge on any atom is -0.473 e. The second kappa shape index (κ2) is 7.08. The molecule has 1 unspecified atom stereocenters. The van der Waals surface area contributed by atoms with E-state index in [-0.39, 0.29) is 29.9 Å². The van der Waals surface area contributed by atoms with Crippen LogP contribution in [0.2, 0.25) is 0 Å². The third-order valence-electron chi connectivity index (χ3n) is 4.01. The average Bonchev–Trinajstić information content (AvgIpc) is 3.24. The number of alkyl halides is 3. The highest BCUT2D eigenvalue weighted by Crippen LogP contribution is 2.29. The molecule has 148 valence electrons. The van der Waals surface area contributed by atoms with Gasteiger partial charge in [0.1, 0.15) is 6.10 Å². The fourth-order valence-electron chi connectivity index (χ4n) is 2.53. The van der Waals surface area contributed by atoms with Crippen molar-refractivity contribution in [3.8, 4) is 17.3 Å². The third kappa shape index (κ3) is 4.21. The lowest BCUT2D eigenvalue weighted by molar-refractivity contribution is -0.159. The molecule has 0 aliphatic carbocycles. The Labute approximate surface area is 153 Å². The zero-order valence-electron chi connectivity index (χ0n) is 14.5. The predicted octanol–water partition coefficient (Wildman–Crippen LogP) is 2.34. The molecule has 1 fully saturated rings. The van der Waals surface area contributed by atoms with Crippen LogP contribution in [0.5, 0.6) is 5.88 Å². The standard InChI is InChI=1S/C15H17F3N4O4S/c1-9(2)27(23,24)22-6-5-11(8-22)25-12-4-3-10(7-19-12)13-20-14(26-21-13)15(16,17)18/h3-4,7,9,11H,5-6,8H2,1-2H3. The summed E-state index contributed by atoms with van der Waals surface area (Å²) in [5.74, 6) is -1.45. The molecule has 0 saturated carbocycles. The first-order valence-corrected chi connectivity index (χ1v) is 9.60. The van der Waals surface area contributed by atoms with Crippen molar-refractivity contribution in [2.75, 3.05) is 13.1 Å². The number of hydrogen-bond donors (Lipinski definition) is 0. The normalized spacial score (nSPS) is 19.0. The van der Waals surface area contributed by atoms with Crippen LogP contribution < -0.4 is 4.74 Å². The van der Waals surface area contributed by atoms with Gasteiger partial charge < -0.3 is 9.26 Å². The zero-order valence-corrected chi connectivity index (χ0v) is 15.3. The molecule has 0 N–H and O–H groups in total. The number of hydrogen-bond acceptors (Lipinski definition) is 7. The second-order valence-corrected chi connectivity index (χ2v) is 8.78. The molecule has 1 saturated heterocycles. The highest BCUT2D eigenvalue weighted by atomic mass is 32.2. The van der Waals surface area contributed by atoms with Crippen LogP contribution in [0.25, 0.3) is 11.4 Å². The van der Waals surface area contributed by atoms with Crippen LogP contribution in [0.3, 0.4) is 0 Å². The summed E-state index contributed by atoms with van der Waals surface area (Å²) in [5, 5.41) is 2.77. The van der Waals surface area contributed by atoms with Crippen molar-refractivity contribution in [1.29, 1.82) is 0 Å². The SMILES string of the molecule is CC(C)S(=O)(=O)N1CCC(Oc2ccc(-c3noc(C(F)(F)F)n3)cn2)C1. The van der Waals surface area contributed by atoms with Crippen molar-refractivity contribution < 1.29 is 30.8 Å². The molecular formula is C15H17F3N4O4S. The Morgan fingerprint density at radius 2 is 2.07 bits per heavy atom. The molecule has 2 aromatic heterocycles. The first-order valence-electron chi connectivity index (χ1n) is 8.10. The first kappa shape index (κ1) is 19.5. The van der Waals surface area contributed by atoms with Gasteiger partial charge in [0.25, 0.3) is 0 Å². The number of rotatable bonds is 5. The van der Waals surface area contributed by atoms with Gasteiger partial charge in [0.2, 0.25) is 21.7 Å². The summed E-state index contributed by atoms with van der Waals surface area (Å²) < 4.78 is 73.0. The number of nitrogens with zero attached hydrogens (tertiary/aromatic N) is 4. The van der Waals surface area contributed by atoms with E-state index in [2.05, 4.69) is 19.6 Å².